The molecule has 3 fully saturated rings. The van der Waals surface area contributed by atoms with Gasteiger partial charge in [-0.25, -0.2) is 0 Å². The van der Waals surface area contributed by atoms with Gasteiger partial charge in [-0.2, -0.15) is 0 Å². The molecule has 3 rings (SSSR count). The van der Waals surface area contributed by atoms with Gasteiger partial charge in [0.05, 0.1) is 23.2 Å². The number of aliphatic hydroxyl groups excluding tert-OH is 1. The lowest BCUT2D eigenvalue weighted by Gasteiger charge is -2.37. The molecule has 7 nitrogen and oxygen atoms in total. The summed E-state index contributed by atoms with van der Waals surface area (Å²) in [5.41, 5.74) is 0. The second-order valence-electron chi connectivity index (χ2n) is 10.9. The maximum Gasteiger partial charge on any atom is 0.311 e. The number of nitrogens with zero attached hydrogens (tertiary/aromatic N) is 2. The lowest BCUT2D eigenvalue weighted by Crippen LogP contribution is -2.55. The van der Waals surface area contributed by atoms with Gasteiger partial charge in [0.15, 0.2) is 0 Å². The lowest BCUT2D eigenvalue weighted by molar-refractivity contribution is -0.155. The Morgan fingerprint density at radius 2 is 1.92 bits per heavy atom. The molecule has 0 aromatic carbocycles. The van der Waals surface area contributed by atoms with Crippen molar-refractivity contribution in [1.82, 2.24) is 9.80 Å². The summed E-state index contributed by atoms with van der Waals surface area (Å²) in [7, 11) is 0. The molecule has 0 aromatic rings. The lowest BCUT2D eigenvalue weighted by atomic mass is 9.66. The number of carbonyl (C=O) groups is 3. The Morgan fingerprint density at radius 3 is 2.59 bits per heavy atom. The summed E-state index contributed by atoms with van der Waals surface area (Å²) in [5, 5.41) is 9.12. The van der Waals surface area contributed by atoms with E-state index in [9.17, 15) is 14.4 Å². The van der Waals surface area contributed by atoms with Crippen molar-refractivity contribution in [3.05, 3.63) is 25.3 Å². The number of amides is 2. The molecule has 1 N–H and O–H groups in total. The standard InChI is InChI=1S/C29H46N2O5S/c1-5-8-14-21-36-27(35)23-22-25(33)31(19-12-10-11-13-20-32)24(29(22)16-15-28(23,4)37-29)26(34)30(17-7-3)18-9-6-2/h5,7,22-24,32H,1,3,6,8-21H2,2,4H3/t22-,23+,24?,28-,29?/m0/s1. The summed E-state index contributed by atoms with van der Waals surface area (Å²) in [6.45, 7) is 13.8. The Balaban J connectivity index is 1.91. The number of likely N-dealkylation sites (tertiary alicyclic amines) is 1. The minimum absolute atomic E-state index is 0.0173. The maximum absolute atomic E-state index is 14.2. The van der Waals surface area contributed by atoms with E-state index in [1.54, 1.807) is 28.8 Å². The minimum Gasteiger partial charge on any atom is -0.465 e. The van der Waals surface area contributed by atoms with E-state index < -0.39 is 27.4 Å². The molecule has 2 unspecified atom stereocenters. The first-order valence-electron chi connectivity index (χ1n) is 14.1. The van der Waals surface area contributed by atoms with Crippen molar-refractivity contribution in [2.75, 3.05) is 32.8 Å². The topological polar surface area (TPSA) is 87.1 Å². The smallest absolute Gasteiger partial charge is 0.311 e. The molecule has 3 heterocycles. The number of aliphatic hydroxyl groups is 1. The van der Waals surface area contributed by atoms with Crippen LogP contribution in [0, 0.1) is 11.8 Å². The van der Waals surface area contributed by atoms with Crippen molar-refractivity contribution in [3.63, 3.8) is 0 Å². The quantitative estimate of drug-likeness (QED) is 0.170. The van der Waals surface area contributed by atoms with Crippen LogP contribution in [0.3, 0.4) is 0 Å². The predicted molar refractivity (Wildman–Crippen MR) is 148 cm³/mol. The number of hydrogen-bond donors (Lipinski definition) is 1. The summed E-state index contributed by atoms with van der Waals surface area (Å²) in [6.07, 6.45) is 11.7. The van der Waals surface area contributed by atoms with E-state index in [-0.39, 0.29) is 24.4 Å². The van der Waals surface area contributed by atoms with Gasteiger partial charge in [0.1, 0.15) is 6.04 Å². The number of esters is 1. The Morgan fingerprint density at radius 1 is 1.16 bits per heavy atom. The molecule has 0 aromatic heterocycles. The Labute approximate surface area is 227 Å². The molecule has 2 amide bonds. The van der Waals surface area contributed by atoms with Crippen LogP contribution < -0.4 is 0 Å². The molecule has 0 aliphatic carbocycles. The van der Waals surface area contributed by atoms with Crippen molar-refractivity contribution in [3.8, 4) is 0 Å². The second kappa shape index (κ2) is 13.3. The largest absolute Gasteiger partial charge is 0.465 e. The Hall–Kier alpha value is -1.80. The van der Waals surface area contributed by atoms with Crippen LogP contribution in [0.1, 0.15) is 78.1 Å². The average molecular weight is 535 g/mol. The maximum atomic E-state index is 14.2. The highest BCUT2D eigenvalue weighted by Crippen LogP contribution is 2.71. The fourth-order valence-corrected chi connectivity index (χ4v) is 8.85. The van der Waals surface area contributed by atoms with E-state index in [4.69, 9.17) is 9.84 Å². The van der Waals surface area contributed by atoms with Crippen LogP contribution in [-0.4, -0.2) is 81.1 Å². The SMILES string of the molecule is C=CCCCOC(=O)[C@H]1[C@H]2C(=O)N(CCCCCCO)C(C(=O)N(CC=C)CCCC)C23CC[C@]1(C)S3. The number of fused-ring (bicyclic) bond motifs is 1. The van der Waals surface area contributed by atoms with E-state index in [2.05, 4.69) is 27.0 Å². The van der Waals surface area contributed by atoms with Crippen LogP contribution in [0.4, 0.5) is 0 Å². The van der Waals surface area contributed by atoms with Crippen molar-refractivity contribution >= 4 is 29.5 Å². The summed E-state index contributed by atoms with van der Waals surface area (Å²) in [5.74, 6) is -1.47. The van der Waals surface area contributed by atoms with E-state index in [1.165, 1.54) is 0 Å². The summed E-state index contributed by atoms with van der Waals surface area (Å²) in [6, 6.07) is -0.579. The third kappa shape index (κ3) is 5.95. The molecule has 5 atom stereocenters. The van der Waals surface area contributed by atoms with Gasteiger partial charge in [0, 0.05) is 31.0 Å². The van der Waals surface area contributed by atoms with Gasteiger partial charge >= 0.3 is 5.97 Å². The third-order valence-electron chi connectivity index (χ3n) is 8.31. The molecule has 8 heteroatoms. The zero-order valence-corrected chi connectivity index (χ0v) is 23.6. The number of allylic oxidation sites excluding steroid dienone is 1. The molecule has 0 saturated carbocycles. The number of rotatable bonds is 17. The fraction of sp³-hybridized carbons (Fsp3) is 0.759. The Kier molecular flexibility index (Phi) is 10.7. The van der Waals surface area contributed by atoms with Gasteiger partial charge in [-0.15, -0.1) is 24.9 Å². The molecule has 2 bridgehead atoms. The first-order valence-corrected chi connectivity index (χ1v) is 14.9. The van der Waals surface area contributed by atoms with Crippen LogP contribution in [0.2, 0.25) is 0 Å². The fourth-order valence-electron chi connectivity index (χ4n) is 6.51. The van der Waals surface area contributed by atoms with Crippen molar-refractivity contribution in [1.29, 1.82) is 0 Å². The Bertz CT molecular complexity index is 850. The zero-order valence-electron chi connectivity index (χ0n) is 22.8. The molecular weight excluding hydrogens is 488 g/mol. The van der Waals surface area contributed by atoms with Gasteiger partial charge < -0.3 is 19.6 Å². The average Bonchev–Trinajstić information content (AvgIpc) is 3.44. The highest BCUT2D eigenvalue weighted by atomic mass is 32.2. The zero-order chi connectivity index (χ0) is 27.1. The second-order valence-corrected chi connectivity index (χ2v) is 12.8. The van der Waals surface area contributed by atoms with Crippen LogP contribution in [0.5, 0.6) is 0 Å². The van der Waals surface area contributed by atoms with Crippen molar-refractivity contribution in [2.45, 2.75) is 93.6 Å². The molecule has 3 saturated heterocycles. The molecule has 37 heavy (non-hydrogen) atoms. The molecule has 0 radical (unpaired) electrons. The normalized spacial score (nSPS) is 29.9. The van der Waals surface area contributed by atoms with Gasteiger partial charge in [-0.3, -0.25) is 14.4 Å². The summed E-state index contributed by atoms with van der Waals surface area (Å²) in [4.78, 5) is 45.4. The van der Waals surface area contributed by atoms with Crippen LogP contribution >= 0.6 is 11.8 Å². The molecule has 1 spiro atoms. The summed E-state index contributed by atoms with van der Waals surface area (Å²) < 4.78 is 4.68. The number of thioether (sulfide) groups is 1. The molecule has 208 valence electrons. The predicted octanol–water partition coefficient (Wildman–Crippen LogP) is 4.34. The summed E-state index contributed by atoms with van der Waals surface area (Å²) >= 11 is 1.70. The van der Waals surface area contributed by atoms with Gasteiger partial charge in [-0.05, 0) is 51.9 Å². The van der Waals surface area contributed by atoms with Crippen LogP contribution in [0.25, 0.3) is 0 Å². The third-order valence-corrected chi connectivity index (χ3v) is 10.3. The number of hydrogen-bond acceptors (Lipinski definition) is 6. The van der Waals surface area contributed by atoms with E-state index in [0.29, 0.717) is 32.7 Å². The first kappa shape index (κ1) is 29.8. The van der Waals surface area contributed by atoms with E-state index in [0.717, 1.165) is 57.8 Å². The van der Waals surface area contributed by atoms with Gasteiger partial charge in [0.25, 0.3) is 0 Å². The highest BCUT2D eigenvalue weighted by Gasteiger charge is 2.77. The minimum atomic E-state index is -0.607. The monoisotopic (exact) mass is 534 g/mol. The van der Waals surface area contributed by atoms with Crippen molar-refractivity contribution < 1.29 is 24.2 Å². The number of ether oxygens (including phenoxy) is 1. The van der Waals surface area contributed by atoms with Crippen LogP contribution in [-0.2, 0) is 19.1 Å². The van der Waals surface area contributed by atoms with Gasteiger partial charge in [-0.1, -0.05) is 38.3 Å². The van der Waals surface area contributed by atoms with E-state index in [1.807, 2.05) is 4.90 Å². The molecule has 3 aliphatic heterocycles. The van der Waals surface area contributed by atoms with Gasteiger partial charge in [0.2, 0.25) is 11.8 Å². The highest BCUT2D eigenvalue weighted by molar-refractivity contribution is 8.02. The molecular formula is C29H46N2O5S. The van der Waals surface area contributed by atoms with Crippen LogP contribution in [0.15, 0.2) is 25.3 Å². The number of carbonyl (C=O) groups excluding carboxylic acids is 3. The van der Waals surface area contributed by atoms with E-state index >= 15 is 0 Å². The first-order chi connectivity index (χ1) is 17.8. The van der Waals surface area contributed by atoms with Crippen molar-refractivity contribution in [2.24, 2.45) is 11.8 Å². The molecule has 3 aliphatic rings. The number of unbranched alkanes of at least 4 members (excludes halogenated alkanes) is 5.